The van der Waals surface area contributed by atoms with E-state index in [1.807, 2.05) is 13.8 Å². The van der Waals surface area contributed by atoms with Crippen molar-refractivity contribution < 1.29 is 12.8 Å². The van der Waals surface area contributed by atoms with Crippen LogP contribution in [0.25, 0.3) is 0 Å². The molecular formula is C11H18FN3O2S. The molecule has 2 N–H and O–H groups in total. The number of halogens is 1. The lowest BCUT2D eigenvalue weighted by Crippen LogP contribution is -2.40. The van der Waals surface area contributed by atoms with Crippen molar-refractivity contribution in [2.45, 2.75) is 18.9 Å². The molecule has 0 saturated heterocycles. The molecule has 5 nitrogen and oxygen atoms in total. The van der Waals surface area contributed by atoms with Crippen LogP contribution in [0.5, 0.6) is 0 Å². The highest BCUT2D eigenvalue weighted by Gasteiger charge is 2.30. The summed E-state index contributed by atoms with van der Waals surface area (Å²) in [5.74, 6) is -0.852. The third-order valence-electron chi connectivity index (χ3n) is 2.58. The predicted molar refractivity (Wildman–Crippen MR) is 66.8 cm³/mol. The fourth-order valence-corrected chi connectivity index (χ4v) is 2.78. The summed E-state index contributed by atoms with van der Waals surface area (Å²) in [4.78, 5) is 3.59. The molecule has 0 amide bonds. The number of nitrogens with zero attached hydrogens (tertiary/aromatic N) is 2. The highest BCUT2D eigenvalue weighted by molar-refractivity contribution is 7.89. The Morgan fingerprint density at radius 1 is 1.50 bits per heavy atom. The van der Waals surface area contributed by atoms with Gasteiger partial charge in [0, 0.05) is 19.8 Å². The summed E-state index contributed by atoms with van der Waals surface area (Å²) in [7, 11) is -2.53. The van der Waals surface area contributed by atoms with E-state index in [-0.39, 0.29) is 12.0 Å². The Balaban J connectivity index is 3.05. The average Bonchev–Trinajstić information content (AvgIpc) is 2.28. The Kier molecular flexibility index (Phi) is 4.41. The third kappa shape index (κ3) is 3.24. The number of aromatic nitrogens is 1. The Bertz CT molecular complexity index is 517. The second-order valence-corrected chi connectivity index (χ2v) is 6.88. The zero-order valence-electron chi connectivity index (χ0n) is 10.7. The first-order chi connectivity index (χ1) is 8.20. The van der Waals surface area contributed by atoms with Gasteiger partial charge in [0.15, 0.2) is 5.82 Å². The van der Waals surface area contributed by atoms with Gasteiger partial charge in [-0.2, -0.15) is 4.31 Å². The minimum atomic E-state index is -3.92. The van der Waals surface area contributed by atoms with Crippen LogP contribution in [-0.4, -0.2) is 37.8 Å². The van der Waals surface area contributed by atoms with Crippen molar-refractivity contribution in [3.63, 3.8) is 0 Å². The largest absolute Gasteiger partial charge is 0.330 e. The van der Waals surface area contributed by atoms with E-state index in [1.54, 1.807) is 0 Å². The molecule has 1 rings (SSSR count). The van der Waals surface area contributed by atoms with Gasteiger partial charge in [-0.25, -0.2) is 17.8 Å². The Morgan fingerprint density at radius 3 is 2.61 bits per heavy atom. The third-order valence-corrected chi connectivity index (χ3v) is 4.32. The van der Waals surface area contributed by atoms with E-state index in [0.29, 0.717) is 6.54 Å². The van der Waals surface area contributed by atoms with Crippen molar-refractivity contribution in [3.8, 4) is 0 Å². The Hall–Kier alpha value is -1.05. The van der Waals surface area contributed by atoms with E-state index < -0.39 is 20.9 Å². The molecule has 0 unspecified atom stereocenters. The van der Waals surface area contributed by atoms with E-state index >= 15 is 0 Å². The molecule has 0 aliphatic heterocycles. The second kappa shape index (κ2) is 5.29. The van der Waals surface area contributed by atoms with Gasteiger partial charge in [0.25, 0.3) is 10.0 Å². The lowest BCUT2D eigenvalue weighted by Gasteiger charge is -2.28. The quantitative estimate of drug-likeness (QED) is 0.863. The van der Waals surface area contributed by atoms with Crippen LogP contribution in [0.2, 0.25) is 0 Å². The van der Waals surface area contributed by atoms with Gasteiger partial charge in [-0.05, 0) is 24.1 Å². The number of hydrogen-bond acceptors (Lipinski definition) is 4. The van der Waals surface area contributed by atoms with Gasteiger partial charge < -0.3 is 5.73 Å². The maximum atomic E-state index is 13.5. The highest BCUT2D eigenvalue weighted by Crippen LogP contribution is 2.20. The van der Waals surface area contributed by atoms with Gasteiger partial charge in [-0.3, -0.25) is 0 Å². The molecule has 0 aliphatic rings. The number of nitrogens with two attached hydrogens (primary N) is 1. The second-order valence-electron chi connectivity index (χ2n) is 4.92. The topological polar surface area (TPSA) is 76.3 Å². The van der Waals surface area contributed by atoms with Crippen molar-refractivity contribution >= 4 is 10.0 Å². The number of rotatable bonds is 5. The van der Waals surface area contributed by atoms with E-state index in [9.17, 15) is 12.8 Å². The Labute approximate surface area is 107 Å². The lowest BCUT2D eigenvalue weighted by atomic mass is 9.94. The first-order valence-corrected chi connectivity index (χ1v) is 6.92. The van der Waals surface area contributed by atoms with Crippen LogP contribution >= 0.6 is 0 Å². The molecule has 1 aromatic rings. The van der Waals surface area contributed by atoms with Crippen LogP contribution in [0.4, 0.5) is 4.39 Å². The van der Waals surface area contributed by atoms with Gasteiger partial charge >= 0.3 is 0 Å². The van der Waals surface area contributed by atoms with E-state index in [1.165, 1.54) is 19.3 Å². The molecule has 0 saturated carbocycles. The molecule has 0 aromatic carbocycles. The zero-order chi connectivity index (χ0) is 14.0. The van der Waals surface area contributed by atoms with Gasteiger partial charge in [-0.15, -0.1) is 0 Å². The molecule has 0 aliphatic carbocycles. The summed E-state index contributed by atoms with van der Waals surface area (Å²) in [6, 6.07) is 2.42. The normalized spacial score (nSPS) is 13.0. The lowest BCUT2D eigenvalue weighted by molar-refractivity contribution is 0.290. The molecule has 18 heavy (non-hydrogen) atoms. The van der Waals surface area contributed by atoms with Gasteiger partial charge in [-0.1, -0.05) is 13.8 Å². The summed E-state index contributed by atoms with van der Waals surface area (Å²) < 4.78 is 38.8. The summed E-state index contributed by atoms with van der Waals surface area (Å²) in [6.07, 6.45) is 1.25. The van der Waals surface area contributed by atoms with Gasteiger partial charge in [0.05, 0.1) is 0 Å². The fraction of sp³-hybridized carbons (Fsp3) is 0.545. The fourth-order valence-electron chi connectivity index (χ4n) is 1.46. The average molecular weight is 275 g/mol. The smallest absolute Gasteiger partial charge is 0.263 e. The molecular weight excluding hydrogens is 257 g/mol. The first-order valence-electron chi connectivity index (χ1n) is 5.47. The molecule has 102 valence electrons. The van der Waals surface area contributed by atoms with E-state index in [4.69, 9.17) is 5.73 Å². The van der Waals surface area contributed by atoms with Crippen molar-refractivity contribution in [2.24, 2.45) is 11.1 Å². The SMILES string of the molecule is CN(CC(C)(C)CN)S(=O)(=O)c1ncccc1F. The first kappa shape index (κ1) is 15.0. The highest BCUT2D eigenvalue weighted by atomic mass is 32.2. The van der Waals surface area contributed by atoms with E-state index in [0.717, 1.165) is 10.4 Å². The number of hydrogen-bond donors (Lipinski definition) is 1. The minimum Gasteiger partial charge on any atom is -0.330 e. The van der Waals surface area contributed by atoms with Gasteiger partial charge in [0.2, 0.25) is 5.03 Å². The monoisotopic (exact) mass is 275 g/mol. The van der Waals surface area contributed by atoms with Crippen LogP contribution in [0.1, 0.15) is 13.8 Å². The Morgan fingerprint density at radius 2 is 2.11 bits per heavy atom. The molecule has 0 atom stereocenters. The maximum Gasteiger partial charge on any atom is 0.263 e. The molecule has 0 fully saturated rings. The predicted octanol–water partition coefficient (Wildman–Crippen LogP) is 0.826. The maximum absolute atomic E-state index is 13.5. The van der Waals surface area contributed by atoms with Gasteiger partial charge in [0.1, 0.15) is 0 Å². The van der Waals surface area contributed by atoms with Crippen molar-refractivity contribution in [3.05, 3.63) is 24.1 Å². The summed E-state index contributed by atoms with van der Waals surface area (Å²) in [5, 5.41) is -0.555. The van der Waals surface area contributed by atoms with Crippen molar-refractivity contribution in [2.75, 3.05) is 20.1 Å². The summed E-state index contributed by atoms with van der Waals surface area (Å²) in [6.45, 7) is 4.21. The van der Waals surface area contributed by atoms with Crippen LogP contribution in [0.15, 0.2) is 23.4 Å². The number of sulfonamides is 1. The molecule has 1 heterocycles. The molecule has 0 radical (unpaired) electrons. The number of pyridine rings is 1. The van der Waals surface area contributed by atoms with Crippen LogP contribution in [0, 0.1) is 11.2 Å². The van der Waals surface area contributed by atoms with Crippen molar-refractivity contribution in [1.29, 1.82) is 0 Å². The minimum absolute atomic E-state index is 0.196. The van der Waals surface area contributed by atoms with Crippen LogP contribution < -0.4 is 5.73 Å². The molecule has 7 heteroatoms. The standard InChI is InChI=1S/C11H18FN3O2S/c1-11(2,7-13)8-15(3)18(16,17)10-9(12)5-4-6-14-10/h4-6H,7-8,13H2,1-3H3. The summed E-state index contributed by atoms with van der Waals surface area (Å²) in [5.41, 5.74) is 5.17. The molecule has 0 spiro atoms. The van der Waals surface area contributed by atoms with E-state index in [2.05, 4.69) is 4.98 Å². The zero-order valence-corrected chi connectivity index (χ0v) is 11.5. The molecule has 1 aromatic heterocycles. The van der Waals surface area contributed by atoms with Crippen LogP contribution in [0.3, 0.4) is 0 Å². The summed E-state index contributed by atoms with van der Waals surface area (Å²) >= 11 is 0. The molecule has 0 bridgehead atoms. The van der Waals surface area contributed by atoms with Crippen LogP contribution in [-0.2, 0) is 10.0 Å². The van der Waals surface area contributed by atoms with Crippen molar-refractivity contribution in [1.82, 2.24) is 9.29 Å².